The number of hydrogen-bond donors (Lipinski definition) is 2. The van der Waals surface area contributed by atoms with Crippen molar-refractivity contribution in [3.05, 3.63) is 86.9 Å². The Labute approximate surface area is 195 Å². The van der Waals surface area contributed by atoms with Crippen molar-refractivity contribution in [3.8, 4) is 0 Å². The predicted octanol–water partition coefficient (Wildman–Crippen LogP) is 6.63. The largest absolute Gasteiger partial charge is 0.321 e. The highest BCUT2D eigenvalue weighted by Gasteiger charge is 2.24. The van der Waals surface area contributed by atoms with Gasteiger partial charge in [0.15, 0.2) is 0 Å². The third-order valence-corrected chi connectivity index (χ3v) is 6.92. The fourth-order valence-electron chi connectivity index (χ4n) is 3.49. The number of anilines is 2. The average Bonchev–Trinajstić information content (AvgIpc) is 3.16. The molecule has 0 atom stereocenters. The summed E-state index contributed by atoms with van der Waals surface area (Å²) in [5.41, 5.74) is 4.25. The van der Waals surface area contributed by atoms with E-state index < -0.39 is 0 Å². The van der Waals surface area contributed by atoms with Gasteiger partial charge < -0.3 is 10.6 Å². The Kier molecular flexibility index (Phi) is 6.26. The molecule has 0 aliphatic carbocycles. The predicted molar refractivity (Wildman–Crippen MR) is 132 cm³/mol. The molecule has 0 saturated carbocycles. The Bertz CT molecular complexity index is 1320. The number of carbonyl (C=O) groups excluding carboxylic acids is 2. The number of rotatable bonds is 5. The van der Waals surface area contributed by atoms with Crippen LogP contribution in [-0.4, -0.2) is 16.8 Å². The summed E-state index contributed by atoms with van der Waals surface area (Å²) in [4.78, 5) is 31.8. The molecule has 0 radical (unpaired) electrons. The summed E-state index contributed by atoms with van der Waals surface area (Å²) in [6, 6.07) is 16.6. The monoisotopic (exact) mass is 463 g/mol. The van der Waals surface area contributed by atoms with Gasteiger partial charge in [0.1, 0.15) is 9.71 Å². The molecule has 4 rings (SSSR count). The van der Waals surface area contributed by atoms with Gasteiger partial charge in [-0.1, -0.05) is 48.9 Å². The molecular weight excluding hydrogens is 442 g/mol. The normalized spacial score (nSPS) is 10.9. The number of hydrogen-bond acceptors (Lipinski definition) is 4. The first kappa shape index (κ1) is 22.0. The van der Waals surface area contributed by atoms with Crippen molar-refractivity contribution in [3.63, 3.8) is 0 Å². The molecule has 2 amide bonds. The lowest BCUT2D eigenvalue weighted by Gasteiger charge is -2.10. The van der Waals surface area contributed by atoms with Gasteiger partial charge in [-0.15, -0.1) is 11.3 Å². The highest BCUT2D eigenvalue weighted by Crippen LogP contribution is 2.40. The molecule has 2 N–H and O–H groups in total. The molecule has 162 valence electrons. The number of pyridine rings is 1. The van der Waals surface area contributed by atoms with E-state index in [-0.39, 0.29) is 11.8 Å². The standard InChI is InChI=1S/C25H22ClN3O2S/c1-4-16-10-12-18(13-11-16)28-24(31)22-21(29-23(30)17-8-6-5-7-9-17)19-14(2)20(26)15(3)27-25(19)32-22/h5-13H,4H2,1-3H3,(H,28,31)(H,29,30). The van der Waals surface area contributed by atoms with Crippen LogP contribution in [0.2, 0.25) is 5.02 Å². The Balaban J connectivity index is 1.78. The molecule has 4 aromatic rings. The van der Waals surface area contributed by atoms with E-state index in [4.69, 9.17) is 11.6 Å². The van der Waals surface area contributed by atoms with Crippen LogP contribution in [0, 0.1) is 13.8 Å². The van der Waals surface area contributed by atoms with E-state index in [1.807, 2.05) is 44.2 Å². The van der Waals surface area contributed by atoms with E-state index in [1.54, 1.807) is 24.3 Å². The molecule has 5 nitrogen and oxygen atoms in total. The van der Waals surface area contributed by atoms with Crippen LogP contribution in [0.5, 0.6) is 0 Å². The minimum absolute atomic E-state index is 0.303. The van der Waals surface area contributed by atoms with Gasteiger partial charge in [0.25, 0.3) is 11.8 Å². The van der Waals surface area contributed by atoms with Gasteiger partial charge >= 0.3 is 0 Å². The summed E-state index contributed by atoms with van der Waals surface area (Å²) in [7, 11) is 0. The number of aryl methyl sites for hydroxylation is 3. The maximum atomic E-state index is 13.2. The van der Waals surface area contributed by atoms with Gasteiger partial charge in [-0.3, -0.25) is 9.59 Å². The highest BCUT2D eigenvalue weighted by molar-refractivity contribution is 7.21. The number of amides is 2. The zero-order valence-electron chi connectivity index (χ0n) is 18.0. The maximum absolute atomic E-state index is 13.2. The molecule has 0 bridgehead atoms. The molecule has 0 aliphatic heterocycles. The van der Waals surface area contributed by atoms with Crippen molar-refractivity contribution in [2.45, 2.75) is 27.2 Å². The summed E-state index contributed by atoms with van der Waals surface area (Å²) < 4.78 is 0. The highest BCUT2D eigenvalue weighted by atomic mass is 35.5. The third kappa shape index (κ3) is 4.24. The van der Waals surface area contributed by atoms with Crippen LogP contribution in [0.1, 0.15) is 43.8 Å². The Morgan fingerprint density at radius 1 is 0.969 bits per heavy atom. The van der Waals surface area contributed by atoms with Gasteiger partial charge in [-0.05, 0) is 55.7 Å². The fraction of sp³-hybridized carbons (Fsp3) is 0.160. The summed E-state index contributed by atoms with van der Waals surface area (Å²) in [6.07, 6.45) is 0.922. The lowest BCUT2D eigenvalue weighted by atomic mass is 10.1. The number of benzene rings is 2. The molecular formula is C25H22ClN3O2S. The van der Waals surface area contributed by atoms with E-state index in [9.17, 15) is 9.59 Å². The Hall–Kier alpha value is -3.22. The number of aromatic nitrogens is 1. The molecule has 2 aromatic carbocycles. The summed E-state index contributed by atoms with van der Waals surface area (Å²) in [5, 5.41) is 7.07. The molecule has 0 saturated heterocycles. The van der Waals surface area contributed by atoms with Gasteiger partial charge in [0.2, 0.25) is 0 Å². The number of fused-ring (bicyclic) bond motifs is 1. The smallest absolute Gasteiger partial charge is 0.267 e. The van der Waals surface area contributed by atoms with Crippen molar-refractivity contribution < 1.29 is 9.59 Å². The topological polar surface area (TPSA) is 71.1 Å². The molecule has 0 spiro atoms. The van der Waals surface area contributed by atoms with Crippen LogP contribution in [-0.2, 0) is 6.42 Å². The van der Waals surface area contributed by atoms with Crippen molar-refractivity contribution >= 4 is 56.3 Å². The van der Waals surface area contributed by atoms with Crippen LogP contribution < -0.4 is 10.6 Å². The van der Waals surface area contributed by atoms with Crippen molar-refractivity contribution in [2.24, 2.45) is 0 Å². The van der Waals surface area contributed by atoms with Gasteiger partial charge in [-0.25, -0.2) is 4.98 Å². The van der Waals surface area contributed by atoms with E-state index in [1.165, 1.54) is 16.9 Å². The van der Waals surface area contributed by atoms with Crippen LogP contribution in [0.3, 0.4) is 0 Å². The molecule has 0 aliphatic rings. The van der Waals surface area contributed by atoms with Gasteiger partial charge in [0, 0.05) is 16.6 Å². The van der Waals surface area contributed by atoms with E-state index >= 15 is 0 Å². The first-order valence-corrected chi connectivity index (χ1v) is 11.4. The zero-order chi connectivity index (χ0) is 22.8. The second kappa shape index (κ2) is 9.10. The van der Waals surface area contributed by atoms with Crippen LogP contribution in [0.4, 0.5) is 11.4 Å². The van der Waals surface area contributed by atoms with Crippen molar-refractivity contribution in [2.75, 3.05) is 10.6 Å². The van der Waals surface area contributed by atoms with E-state index in [2.05, 4.69) is 22.5 Å². The third-order valence-electron chi connectivity index (χ3n) is 5.28. The van der Waals surface area contributed by atoms with Crippen molar-refractivity contribution in [1.82, 2.24) is 4.98 Å². The second-order valence-corrected chi connectivity index (χ2v) is 8.82. The molecule has 7 heteroatoms. The minimum Gasteiger partial charge on any atom is -0.321 e. The molecule has 2 heterocycles. The molecule has 32 heavy (non-hydrogen) atoms. The molecule has 0 unspecified atom stereocenters. The first-order valence-electron chi connectivity index (χ1n) is 10.2. The quantitative estimate of drug-likeness (QED) is 0.348. The second-order valence-electron chi connectivity index (χ2n) is 7.45. The Morgan fingerprint density at radius 3 is 2.31 bits per heavy atom. The van der Waals surface area contributed by atoms with E-state index in [0.717, 1.165) is 12.0 Å². The lowest BCUT2D eigenvalue weighted by molar-refractivity contribution is 0.102. The van der Waals surface area contributed by atoms with Crippen molar-refractivity contribution in [1.29, 1.82) is 0 Å². The van der Waals surface area contributed by atoms with Crippen LogP contribution >= 0.6 is 22.9 Å². The fourth-order valence-corrected chi connectivity index (χ4v) is 4.76. The summed E-state index contributed by atoms with van der Waals surface area (Å²) in [5.74, 6) is -0.614. The average molecular weight is 464 g/mol. The number of carbonyl (C=O) groups is 2. The summed E-state index contributed by atoms with van der Waals surface area (Å²) in [6.45, 7) is 5.77. The molecule has 0 fully saturated rings. The number of nitrogens with zero attached hydrogens (tertiary/aromatic N) is 1. The van der Waals surface area contributed by atoms with Crippen LogP contribution in [0.15, 0.2) is 54.6 Å². The van der Waals surface area contributed by atoms with Gasteiger partial charge in [-0.2, -0.15) is 0 Å². The number of nitrogens with one attached hydrogen (secondary N) is 2. The van der Waals surface area contributed by atoms with Crippen LogP contribution in [0.25, 0.3) is 10.2 Å². The van der Waals surface area contributed by atoms with E-state index in [0.29, 0.717) is 42.7 Å². The lowest BCUT2D eigenvalue weighted by Crippen LogP contribution is -2.17. The summed E-state index contributed by atoms with van der Waals surface area (Å²) >= 11 is 7.69. The number of halogens is 1. The SMILES string of the molecule is CCc1ccc(NC(=O)c2sc3nc(C)c(Cl)c(C)c3c2NC(=O)c2ccccc2)cc1. The van der Waals surface area contributed by atoms with Gasteiger partial charge in [0.05, 0.1) is 16.4 Å². The minimum atomic E-state index is -0.311. The Morgan fingerprint density at radius 2 is 1.66 bits per heavy atom. The maximum Gasteiger partial charge on any atom is 0.267 e. The first-order chi connectivity index (χ1) is 15.4. The number of thiophene rings is 1. The zero-order valence-corrected chi connectivity index (χ0v) is 19.5. The molecule has 2 aromatic heterocycles.